The highest BCUT2D eigenvalue weighted by Gasteiger charge is 2.14. The van der Waals surface area contributed by atoms with Crippen LogP contribution in [0.25, 0.3) is 11.0 Å². The van der Waals surface area contributed by atoms with Gasteiger partial charge in [-0.3, -0.25) is 4.79 Å². The minimum absolute atomic E-state index is 0. The van der Waals surface area contributed by atoms with E-state index in [-0.39, 0.29) is 23.6 Å². The molecule has 2 aromatic rings. The number of phenolic OH excluding ortho intramolecular Hbond substituents is 1. The van der Waals surface area contributed by atoms with Gasteiger partial charge >= 0.3 is 0 Å². The number of fused-ring (bicyclic) bond motifs is 1. The van der Waals surface area contributed by atoms with Crippen LogP contribution >= 0.6 is 12.4 Å². The summed E-state index contributed by atoms with van der Waals surface area (Å²) in [6.45, 7) is 4.17. The van der Waals surface area contributed by atoms with Crippen molar-refractivity contribution in [3.8, 4) is 5.75 Å². The molecule has 0 atom stereocenters. The zero-order valence-corrected chi connectivity index (χ0v) is 12.1. The molecule has 0 aliphatic carbocycles. The topological polar surface area (TPSA) is 62.5 Å². The maximum atomic E-state index is 12.2. The van der Waals surface area contributed by atoms with E-state index in [4.69, 9.17) is 4.42 Å². The first-order valence-corrected chi connectivity index (χ1v) is 6.01. The van der Waals surface area contributed by atoms with Crippen molar-refractivity contribution in [3.63, 3.8) is 0 Å². The van der Waals surface area contributed by atoms with Gasteiger partial charge in [-0.15, -0.1) is 12.4 Å². The summed E-state index contributed by atoms with van der Waals surface area (Å²) in [7, 11) is 1.78. The quantitative estimate of drug-likeness (QED) is 0.908. The van der Waals surface area contributed by atoms with Crippen molar-refractivity contribution < 1.29 is 9.52 Å². The number of rotatable bonds is 3. The Morgan fingerprint density at radius 1 is 1.37 bits per heavy atom. The van der Waals surface area contributed by atoms with Gasteiger partial charge in [0.15, 0.2) is 5.43 Å². The third-order valence-electron chi connectivity index (χ3n) is 3.14. The van der Waals surface area contributed by atoms with Crippen LogP contribution in [0.3, 0.4) is 0 Å². The summed E-state index contributed by atoms with van der Waals surface area (Å²) < 4.78 is 5.79. The fraction of sp³-hybridized carbons (Fsp3) is 0.357. The molecule has 0 spiro atoms. The van der Waals surface area contributed by atoms with Crippen LogP contribution in [-0.2, 0) is 13.0 Å². The second-order valence-corrected chi connectivity index (χ2v) is 4.30. The Bertz CT molecular complexity index is 649. The number of benzene rings is 1. The summed E-state index contributed by atoms with van der Waals surface area (Å²) in [6.07, 6.45) is 0.658. The van der Waals surface area contributed by atoms with Crippen molar-refractivity contribution in [2.24, 2.45) is 0 Å². The molecule has 0 amide bonds. The molecule has 104 valence electrons. The van der Waals surface area contributed by atoms with Crippen LogP contribution < -0.4 is 10.7 Å². The number of nitrogens with one attached hydrogen (secondary N) is 1. The van der Waals surface area contributed by atoms with E-state index in [0.29, 0.717) is 40.8 Å². The first kappa shape index (κ1) is 15.5. The predicted octanol–water partition coefficient (Wildman–Crippen LogP) is 2.51. The standard InChI is InChI=1S/C14H17NO3.ClH/c1-4-12-8(2)13(17)9-5-6-11(16)10(7-15-3)14(9)18-12;/h5-6,15-16H,4,7H2,1-3H3;1H. The van der Waals surface area contributed by atoms with E-state index in [1.807, 2.05) is 6.92 Å². The van der Waals surface area contributed by atoms with Crippen molar-refractivity contribution in [1.29, 1.82) is 0 Å². The molecule has 4 nitrogen and oxygen atoms in total. The molecule has 2 rings (SSSR count). The van der Waals surface area contributed by atoms with E-state index in [2.05, 4.69) is 5.32 Å². The van der Waals surface area contributed by atoms with E-state index in [9.17, 15) is 9.90 Å². The average Bonchev–Trinajstić information content (AvgIpc) is 2.37. The smallest absolute Gasteiger partial charge is 0.195 e. The molecule has 1 aromatic carbocycles. The van der Waals surface area contributed by atoms with Crippen LogP contribution in [0.1, 0.15) is 23.8 Å². The molecule has 1 aromatic heterocycles. The minimum Gasteiger partial charge on any atom is -0.507 e. The Kier molecular flexibility index (Phi) is 4.97. The lowest BCUT2D eigenvalue weighted by Gasteiger charge is -2.10. The molecule has 2 N–H and O–H groups in total. The van der Waals surface area contributed by atoms with Gasteiger partial charge in [0.25, 0.3) is 0 Å². The van der Waals surface area contributed by atoms with Crippen molar-refractivity contribution in [1.82, 2.24) is 5.32 Å². The summed E-state index contributed by atoms with van der Waals surface area (Å²) >= 11 is 0. The molecule has 0 saturated heterocycles. The van der Waals surface area contributed by atoms with E-state index >= 15 is 0 Å². The Morgan fingerprint density at radius 3 is 2.63 bits per heavy atom. The zero-order chi connectivity index (χ0) is 13.3. The summed E-state index contributed by atoms with van der Waals surface area (Å²) in [5.41, 5.74) is 1.73. The largest absolute Gasteiger partial charge is 0.507 e. The van der Waals surface area contributed by atoms with Gasteiger partial charge in [0.2, 0.25) is 0 Å². The Labute approximate surface area is 117 Å². The molecule has 0 saturated carbocycles. The van der Waals surface area contributed by atoms with Crippen LogP contribution in [0.15, 0.2) is 21.3 Å². The normalized spacial score (nSPS) is 10.5. The van der Waals surface area contributed by atoms with E-state index in [1.165, 1.54) is 6.07 Å². The predicted molar refractivity (Wildman–Crippen MR) is 78.3 cm³/mol. The van der Waals surface area contributed by atoms with Crippen molar-refractivity contribution in [3.05, 3.63) is 39.2 Å². The number of hydrogen-bond donors (Lipinski definition) is 2. The monoisotopic (exact) mass is 283 g/mol. The summed E-state index contributed by atoms with van der Waals surface area (Å²) in [6, 6.07) is 3.15. The Hall–Kier alpha value is -1.52. The lowest BCUT2D eigenvalue weighted by molar-refractivity contribution is 0.461. The molecular formula is C14H18ClNO3. The van der Waals surface area contributed by atoms with E-state index in [1.54, 1.807) is 20.0 Å². The second-order valence-electron chi connectivity index (χ2n) is 4.30. The molecule has 0 bridgehead atoms. The number of halogens is 1. The molecule has 5 heteroatoms. The van der Waals surface area contributed by atoms with Crippen molar-refractivity contribution in [2.45, 2.75) is 26.8 Å². The highest BCUT2D eigenvalue weighted by atomic mass is 35.5. The Morgan fingerprint density at radius 2 is 2.05 bits per heavy atom. The summed E-state index contributed by atoms with van der Waals surface area (Å²) in [5, 5.41) is 13.3. The lowest BCUT2D eigenvalue weighted by Crippen LogP contribution is -2.12. The van der Waals surface area contributed by atoms with Gasteiger partial charge in [-0.1, -0.05) is 6.92 Å². The second kappa shape index (κ2) is 6.08. The van der Waals surface area contributed by atoms with Gasteiger partial charge in [0.05, 0.1) is 10.9 Å². The van der Waals surface area contributed by atoms with Gasteiger partial charge in [-0.05, 0) is 26.1 Å². The third kappa shape index (κ3) is 2.60. The molecule has 0 aliphatic rings. The maximum Gasteiger partial charge on any atom is 0.195 e. The molecular weight excluding hydrogens is 266 g/mol. The number of aryl methyl sites for hydroxylation is 1. The molecule has 0 radical (unpaired) electrons. The van der Waals surface area contributed by atoms with Gasteiger partial charge in [0, 0.05) is 18.5 Å². The summed E-state index contributed by atoms with van der Waals surface area (Å²) in [5.74, 6) is 0.821. The average molecular weight is 284 g/mol. The summed E-state index contributed by atoms with van der Waals surface area (Å²) in [4.78, 5) is 12.2. The molecule has 19 heavy (non-hydrogen) atoms. The van der Waals surface area contributed by atoms with Crippen LogP contribution in [0, 0.1) is 6.92 Å². The highest BCUT2D eigenvalue weighted by molar-refractivity contribution is 5.85. The van der Waals surface area contributed by atoms with Gasteiger partial charge in [-0.2, -0.15) is 0 Å². The number of phenols is 1. The van der Waals surface area contributed by atoms with Crippen LogP contribution in [0.5, 0.6) is 5.75 Å². The zero-order valence-electron chi connectivity index (χ0n) is 11.2. The fourth-order valence-electron chi connectivity index (χ4n) is 2.13. The first-order valence-electron chi connectivity index (χ1n) is 6.01. The van der Waals surface area contributed by atoms with E-state index < -0.39 is 0 Å². The first-order chi connectivity index (χ1) is 8.60. The molecule has 0 fully saturated rings. The van der Waals surface area contributed by atoms with Gasteiger partial charge in [-0.25, -0.2) is 0 Å². The molecule has 1 heterocycles. The molecule has 0 aliphatic heterocycles. The maximum absolute atomic E-state index is 12.2. The third-order valence-corrected chi connectivity index (χ3v) is 3.14. The van der Waals surface area contributed by atoms with Crippen LogP contribution in [-0.4, -0.2) is 12.2 Å². The molecule has 0 unspecified atom stereocenters. The fourth-order valence-corrected chi connectivity index (χ4v) is 2.13. The SMILES string of the molecule is CCc1oc2c(CNC)c(O)ccc2c(=O)c1C.Cl. The lowest BCUT2D eigenvalue weighted by atomic mass is 10.1. The van der Waals surface area contributed by atoms with Crippen LogP contribution in [0.2, 0.25) is 0 Å². The Balaban J connectivity index is 0.00000180. The van der Waals surface area contributed by atoms with Gasteiger partial charge in [0.1, 0.15) is 17.1 Å². The minimum atomic E-state index is -0.0227. The highest BCUT2D eigenvalue weighted by Crippen LogP contribution is 2.27. The van der Waals surface area contributed by atoms with Crippen molar-refractivity contribution >= 4 is 23.4 Å². The van der Waals surface area contributed by atoms with E-state index in [0.717, 1.165) is 0 Å². The van der Waals surface area contributed by atoms with Gasteiger partial charge < -0.3 is 14.8 Å². The number of aromatic hydroxyl groups is 1. The number of hydrogen-bond acceptors (Lipinski definition) is 4. The van der Waals surface area contributed by atoms with Crippen molar-refractivity contribution in [2.75, 3.05) is 7.05 Å². The van der Waals surface area contributed by atoms with Crippen LogP contribution in [0.4, 0.5) is 0 Å².